The van der Waals surface area contributed by atoms with E-state index in [0.717, 1.165) is 11.1 Å². The van der Waals surface area contributed by atoms with Crippen LogP contribution < -0.4 is 5.32 Å². The summed E-state index contributed by atoms with van der Waals surface area (Å²) in [5.41, 5.74) is 3.65. The second-order valence-electron chi connectivity index (χ2n) is 9.03. The molecule has 4 aromatic rings. The van der Waals surface area contributed by atoms with Crippen LogP contribution in [0.25, 0.3) is 5.65 Å². The average Bonchev–Trinajstić information content (AvgIpc) is 3.36. The van der Waals surface area contributed by atoms with Gasteiger partial charge in [-0.15, -0.1) is 0 Å². The smallest absolute Gasteiger partial charge is 0.274 e. The largest absolute Gasteiger partial charge is 0.392 e. The van der Waals surface area contributed by atoms with Gasteiger partial charge in [0, 0.05) is 24.1 Å². The van der Waals surface area contributed by atoms with Crippen LogP contribution in [0.1, 0.15) is 55.4 Å². The second-order valence-corrected chi connectivity index (χ2v) is 9.03. The number of fused-ring (bicyclic) bond motifs is 2. The lowest BCUT2D eigenvalue weighted by molar-refractivity contribution is 0.0919. The summed E-state index contributed by atoms with van der Waals surface area (Å²) in [6, 6.07) is 10.5. The second kappa shape index (κ2) is 8.70. The fourth-order valence-electron chi connectivity index (χ4n) is 4.74. The van der Waals surface area contributed by atoms with Gasteiger partial charge in [-0.05, 0) is 72.9 Å². The van der Waals surface area contributed by atoms with E-state index in [4.69, 9.17) is 0 Å². The Kier molecular flexibility index (Phi) is 5.68. The van der Waals surface area contributed by atoms with Crippen molar-refractivity contribution >= 4 is 23.0 Å². The molecule has 6 nitrogen and oxygen atoms in total. The molecule has 1 amide bonds. The van der Waals surface area contributed by atoms with E-state index in [9.17, 15) is 23.5 Å². The van der Waals surface area contributed by atoms with E-state index in [0.29, 0.717) is 23.2 Å². The minimum atomic E-state index is -0.811. The molecule has 2 heterocycles. The lowest BCUT2D eigenvalue weighted by Gasteiger charge is -2.17. The zero-order valence-corrected chi connectivity index (χ0v) is 19.2. The first kappa shape index (κ1) is 22.9. The maximum absolute atomic E-state index is 14.8. The molecule has 0 spiro atoms. The molecule has 2 aromatic carbocycles. The van der Waals surface area contributed by atoms with Crippen LogP contribution in [0.3, 0.4) is 0 Å². The Morgan fingerprint density at radius 3 is 2.74 bits per heavy atom. The Morgan fingerprint density at radius 1 is 1.14 bits per heavy atom. The highest BCUT2D eigenvalue weighted by molar-refractivity contribution is 6.05. The topological polar surface area (TPSA) is 83.7 Å². The number of pyridine rings is 1. The van der Waals surface area contributed by atoms with Crippen LogP contribution in [0.5, 0.6) is 0 Å². The summed E-state index contributed by atoms with van der Waals surface area (Å²) in [4.78, 5) is 30.3. The molecule has 0 saturated carbocycles. The first-order chi connectivity index (χ1) is 16.7. The predicted molar refractivity (Wildman–Crippen MR) is 127 cm³/mol. The summed E-state index contributed by atoms with van der Waals surface area (Å²) < 4.78 is 30.2. The number of aryl methyl sites for hydroxylation is 2. The van der Waals surface area contributed by atoms with Crippen LogP contribution in [0, 0.1) is 25.5 Å². The number of hydrogen-bond donors (Lipinski definition) is 2. The number of hydrogen-bond acceptors (Lipinski definition) is 4. The van der Waals surface area contributed by atoms with Crippen LogP contribution in [0.15, 0.2) is 54.9 Å². The molecule has 178 valence electrons. The molecular formula is C27H23F2N3O3. The Balaban J connectivity index is 1.41. The molecule has 2 atom stereocenters. The SMILES string of the molecule is Cc1ccc2ncc(C(=O)Nc3cc(C(=O)C[C@@H]4c5cc(F)ccc5C[C@@H]4O)c(C)cc3F)n2c1. The minimum absolute atomic E-state index is 0.0655. The minimum Gasteiger partial charge on any atom is -0.392 e. The molecule has 1 aliphatic rings. The van der Waals surface area contributed by atoms with Gasteiger partial charge in [-0.25, -0.2) is 13.8 Å². The molecule has 1 aliphatic carbocycles. The first-order valence-corrected chi connectivity index (χ1v) is 11.3. The number of carbonyl (C=O) groups is 2. The van der Waals surface area contributed by atoms with Gasteiger partial charge in [0.2, 0.25) is 0 Å². The Morgan fingerprint density at radius 2 is 1.94 bits per heavy atom. The summed E-state index contributed by atoms with van der Waals surface area (Å²) in [5.74, 6) is -2.56. The van der Waals surface area contributed by atoms with Crippen molar-refractivity contribution in [1.82, 2.24) is 9.38 Å². The molecule has 2 aromatic heterocycles. The van der Waals surface area contributed by atoms with E-state index < -0.39 is 29.6 Å². The quantitative estimate of drug-likeness (QED) is 0.408. The molecular weight excluding hydrogens is 452 g/mol. The number of halogens is 2. The number of aliphatic hydroxyl groups is 1. The Hall–Kier alpha value is -3.91. The molecule has 0 unspecified atom stereocenters. The number of carbonyl (C=O) groups excluding carboxylic acids is 2. The monoisotopic (exact) mass is 475 g/mol. The summed E-state index contributed by atoms with van der Waals surface area (Å²) >= 11 is 0. The van der Waals surface area contributed by atoms with Gasteiger partial charge in [0.25, 0.3) is 5.91 Å². The van der Waals surface area contributed by atoms with Crippen molar-refractivity contribution in [3.05, 3.63) is 100 Å². The standard InChI is InChI=1S/C27H23F2N3O3/c1-14-3-6-26-30-12-23(32(26)13-14)27(35)31-22-10-18(15(2)7-21(22)29)25(34)11-20-19-9-17(28)5-4-16(19)8-24(20)33/h3-7,9-10,12-13,20,24,33H,8,11H2,1-2H3,(H,31,35)/t20-,24+/m1/s1. The number of aliphatic hydroxyl groups excluding tert-OH is 1. The van der Waals surface area contributed by atoms with Crippen LogP contribution in [0.4, 0.5) is 14.5 Å². The number of rotatable bonds is 5. The highest BCUT2D eigenvalue weighted by atomic mass is 19.1. The zero-order valence-electron chi connectivity index (χ0n) is 19.2. The van der Waals surface area contributed by atoms with Gasteiger partial charge in [-0.3, -0.25) is 14.0 Å². The fraction of sp³-hybridized carbons (Fsp3) is 0.222. The van der Waals surface area contributed by atoms with E-state index in [2.05, 4.69) is 10.3 Å². The highest BCUT2D eigenvalue weighted by Crippen LogP contribution is 2.37. The van der Waals surface area contributed by atoms with Crippen molar-refractivity contribution in [2.45, 2.75) is 38.7 Å². The van der Waals surface area contributed by atoms with Gasteiger partial charge in [0.05, 0.1) is 18.0 Å². The fourth-order valence-corrected chi connectivity index (χ4v) is 4.74. The number of Topliss-reactive ketones (excluding diaryl/α,β-unsaturated/α-hetero) is 1. The number of nitrogens with zero attached hydrogens (tertiary/aromatic N) is 2. The average molecular weight is 475 g/mol. The Labute approximate surface area is 200 Å². The number of aromatic nitrogens is 2. The number of nitrogens with one attached hydrogen (secondary N) is 1. The van der Waals surface area contributed by atoms with Crippen LogP contribution >= 0.6 is 0 Å². The molecule has 5 rings (SSSR count). The third-order valence-electron chi connectivity index (χ3n) is 6.55. The zero-order chi connectivity index (χ0) is 24.9. The third-order valence-corrected chi connectivity index (χ3v) is 6.55. The summed E-state index contributed by atoms with van der Waals surface area (Å²) in [6.07, 6.45) is 2.63. The number of imidazole rings is 1. The molecule has 0 bridgehead atoms. The van der Waals surface area contributed by atoms with Crippen molar-refractivity contribution in [2.24, 2.45) is 0 Å². The van der Waals surface area contributed by atoms with Crippen LogP contribution in [-0.4, -0.2) is 32.3 Å². The Bertz CT molecular complexity index is 1490. The van der Waals surface area contributed by atoms with E-state index in [1.165, 1.54) is 30.5 Å². The molecule has 0 saturated heterocycles. The normalized spacial score (nSPS) is 16.9. The van der Waals surface area contributed by atoms with Gasteiger partial charge in [-0.2, -0.15) is 0 Å². The summed E-state index contributed by atoms with van der Waals surface area (Å²) in [5, 5.41) is 13.0. The number of amides is 1. The maximum atomic E-state index is 14.8. The molecule has 2 N–H and O–H groups in total. The lowest BCUT2D eigenvalue weighted by Crippen LogP contribution is -2.19. The molecule has 8 heteroatoms. The highest BCUT2D eigenvalue weighted by Gasteiger charge is 2.33. The van der Waals surface area contributed by atoms with Gasteiger partial charge < -0.3 is 10.4 Å². The van der Waals surface area contributed by atoms with Gasteiger partial charge in [0.1, 0.15) is 23.0 Å². The number of benzene rings is 2. The van der Waals surface area contributed by atoms with Gasteiger partial charge in [-0.1, -0.05) is 12.1 Å². The number of ketones is 1. The van der Waals surface area contributed by atoms with E-state index >= 15 is 0 Å². The van der Waals surface area contributed by atoms with Gasteiger partial charge >= 0.3 is 0 Å². The predicted octanol–water partition coefficient (Wildman–Crippen LogP) is 4.76. The van der Waals surface area contributed by atoms with Crippen LogP contribution in [0.2, 0.25) is 0 Å². The van der Waals surface area contributed by atoms with Crippen molar-refractivity contribution in [1.29, 1.82) is 0 Å². The van der Waals surface area contributed by atoms with Gasteiger partial charge in [0.15, 0.2) is 5.78 Å². The molecule has 0 radical (unpaired) electrons. The molecule has 0 aliphatic heterocycles. The molecule has 35 heavy (non-hydrogen) atoms. The first-order valence-electron chi connectivity index (χ1n) is 11.3. The third kappa shape index (κ3) is 4.21. The van der Waals surface area contributed by atoms with Crippen molar-refractivity contribution < 1.29 is 23.5 Å². The molecule has 0 fully saturated rings. The van der Waals surface area contributed by atoms with Crippen molar-refractivity contribution in [3.8, 4) is 0 Å². The lowest BCUT2D eigenvalue weighted by atomic mass is 9.90. The number of anilines is 1. The maximum Gasteiger partial charge on any atom is 0.274 e. The van der Waals surface area contributed by atoms with Crippen molar-refractivity contribution in [2.75, 3.05) is 5.32 Å². The van der Waals surface area contributed by atoms with E-state index in [-0.39, 0.29) is 29.1 Å². The van der Waals surface area contributed by atoms with Crippen molar-refractivity contribution in [3.63, 3.8) is 0 Å². The van der Waals surface area contributed by atoms with E-state index in [1.807, 2.05) is 13.0 Å². The van der Waals surface area contributed by atoms with E-state index in [1.54, 1.807) is 29.7 Å². The summed E-state index contributed by atoms with van der Waals surface area (Å²) in [6.45, 7) is 3.49. The summed E-state index contributed by atoms with van der Waals surface area (Å²) in [7, 11) is 0. The van der Waals surface area contributed by atoms with Crippen LogP contribution in [-0.2, 0) is 6.42 Å².